The second-order valence-corrected chi connectivity index (χ2v) is 4.19. The molecule has 1 aromatic heterocycles. The summed E-state index contributed by atoms with van der Waals surface area (Å²) in [6.07, 6.45) is 1.55. The molecule has 2 unspecified atom stereocenters. The molecule has 12 heavy (non-hydrogen) atoms. The van der Waals surface area contributed by atoms with Gasteiger partial charge in [-0.25, -0.2) is 9.67 Å². The van der Waals surface area contributed by atoms with E-state index < -0.39 is 0 Å². The predicted molar refractivity (Wildman–Crippen MR) is 50.0 cm³/mol. The molecule has 68 valence electrons. The lowest BCUT2D eigenvalue weighted by Crippen LogP contribution is -2.26. The summed E-state index contributed by atoms with van der Waals surface area (Å²) in [4.78, 5) is 4.10. The highest BCUT2D eigenvalue weighted by atomic mass is 32.2. The molecule has 0 radical (unpaired) electrons. The summed E-state index contributed by atoms with van der Waals surface area (Å²) in [6, 6.07) is 0.173. The number of aromatic nitrogens is 3. The fourth-order valence-corrected chi connectivity index (χ4v) is 1.52. The van der Waals surface area contributed by atoms with Crippen molar-refractivity contribution in [3.63, 3.8) is 0 Å². The van der Waals surface area contributed by atoms with Gasteiger partial charge in [0.15, 0.2) is 5.16 Å². The van der Waals surface area contributed by atoms with Crippen molar-refractivity contribution in [1.29, 1.82) is 0 Å². The Bertz CT molecular complexity index is 245. The van der Waals surface area contributed by atoms with E-state index in [2.05, 4.69) is 17.0 Å². The van der Waals surface area contributed by atoms with E-state index in [0.29, 0.717) is 5.25 Å². The van der Waals surface area contributed by atoms with Gasteiger partial charge in [-0.15, -0.1) is 0 Å². The molecule has 4 nitrogen and oxygen atoms in total. The Morgan fingerprint density at radius 2 is 2.25 bits per heavy atom. The van der Waals surface area contributed by atoms with Gasteiger partial charge in [0.1, 0.15) is 6.33 Å². The molecular formula is C7H14N4S. The van der Waals surface area contributed by atoms with Crippen molar-refractivity contribution in [2.75, 3.05) is 0 Å². The van der Waals surface area contributed by atoms with E-state index in [0.717, 1.165) is 5.16 Å². The number of rotatable bonds is 3. The quantitative estimate of drug-likeness (QED) is 0.704. The molecule has 0 aliphatic rings. The van der Waals surface area contributed by atoms with Crippen LogP contribution in [0, 0.1) is 0 Å². The van der Waals surface area contributed by atoms with Crippen LogP contribution in [-0.2, 0) is 7.05 Å². The SMILES string of the molecule is CC(N)C(C)Sc1ncnn1C. The molecule has 0 aromatic carbocycles. The monoisotopic (exact) mass is 186 g/mol. The van der Waals surface area contributed by atoms with Gasteiger partial charge in [-0.2, -0.15) is 5.10 Å². The van der Waals surface area contributed by atoms with Crippen LogP contribution in [0.15, 0.2) is 11.5 Å². The van der Waals surface area contributed by atoms with Gasteiger partial charge in [0, 0.05) is 18.3 Å². The van der Waals surface area contributed by atoms with Crippen LogP contribution in [0.5, 0.6) is 0 Å². The summed E-state index contributed by atoms with van der Waals surface area (Å²) in [5, 5.41) is 5.26. The zero-order valence-corrected chi connectivity index (χ0v) is 8.38. The van der Waals surface area contributed by atoms with Crippen LogP contribution >= 0.6 is 11.8 Å². The zero-order valence-electron chi connectivity index (χ0n) is 7.56. The van der Waals surface area contributed by atoms with Crippen LogP contribution in [-0.4, -0.2) is 26.1 Å². The second-order valence-electron chi connectivity index (χ2n) is 2.85. The highest BCUT2D eigenvalue weighted by Crippen LogP contribution is 2.20. The first-order chi connectivity index (χ1) is 5.61. The number of hydrogen-bond acceptors (Lipinski definition) is 4. The van der Waals surface area contributed by atoms with Gasteiger partial charge in [-0.1, -0.05) is 18.7 Å². The third kappa shape index (κ3) is 2.22. The number of hydrogen-bond donors (Lipinski definition) is 1. The number of nitrogens with two attached hydrogens (primary N) is 1. The molecule has 0 spiro atoms. The third-order valence-corrected chi connectivity index (χ3v) is 3.08. The molecule has 0 bridgehead atoms. The van der Waals surface area contributed by atoms with Crippen molar-refractivity contribution in [1.82, 2.24) is 14.8 Å². The number of thioether (sulfide) groups is 1. The standard InChI is InChI=1S/C7H14N4S/c1-5(8)6(2)12-7-9-4-10-11(7)3/h4-6H,8H2,1-3H3. The highest BCUT2D eigenvalue weighted by Gasteiger charge is 2.11. The van der Waals surface area contributed by atoms with Crippen LogP contribution in [0.4, 0.5) is 0 Å². The van der Waals surface area contributed by atoms with E-state index in [1.807, 2.05) is 14.0 Å². The molecule has 1 aromatic rings. The Morgan fingerprint density at radius 3 is 2.67 bits per heavy atom. The van der Waals surface area contributed by atoms with Crippen LogP contribution < -0.4 is 5.73 Å². The van der Waals surface area contributed by atoms with Crippen LogP contribution in [0.3, 0.4) is 0 Å². The van der Waals surface area contributed by atoms with Crippen molar-refractivity contribution in [3.05, 3.63) is 6.33 Å². The topological polar surface area (TPSA) is 56.7 Å². The Kier molecular flexibility index (Phi) is 3.11. The Morgan fingerprint density at radius 1 is 1.58 bits per heavy atom. The fraction of sp³-hybridized carbons (Fsp3) is 0.714. The van der Waals surface area contributed by atoms with Crippen molar-refractivity contribution in [2.45, 2.75) is 30.3 Å². The largest absolute Gasteiger partial charge is 0.327 e. The van der Waals surface area contributed by atoms with Crippen LogP contribution in [0.1, 0.15) is 13.8 Å². The Labute approximate surface area is 76.5 Å². The van der Waals surface area contributed by atoms with Crippen molar-refractivity contribution in [3.8, 4) is 0 Å². The maximum absolute atomic E-state index is 5.72. The summed E-state index contributed by atoms with van der Waals surface area (Å²) in [5.74, 6) is 0. The minimum absolute atomic E-state index is 0.173. The molecule has 0 saturated carbocycles. The van der Waals surface area contributed by atoms with Crippen molar-refractivity contribution < 1.29 is 0 Å². The first-order valence-corrected chi connectivity index (χ1v) is 4.75. The van der Waals surface area contributed by atoms with Gasteiger partial charge in [-0.3, -0.25) is 0 Å². The molecule has 5 heteroatoms. The lowest BCUT2D eigenvalue weighted by atomic mass is 10.3. The normalized spacial score (nSPS) is 16.0. The lowest BCUT2D eigenvalue weighted by molar-refractivity contribution is 0.674. The predicted octanol–water partition coefficient (Wildman–Crippen LogP) is 0.643. The average Bonchev–Trinajstić information content (AvgIpc) is 2.36. The van der Waals surface area contributed by atoms with Gasteiger partial charge < -0.3 is 5.73 Å². The molecule has 0 fully saturated rings. The number of nitrogens with zero attached hydrogens (tertiary/aromatic N) is 3. The third-order valence-electron chi connectivity index (χ3n) is 1.70. The van der Waals surface area contributed by atoms with Crippen LogP contribution in [0.25, 0.3) is 0 Å². The van der Waals surface area contributed by atoms with Gasteiger partial charge >= 0.3 is 0 Å². The molecule has 1 heterocycles. The van der Waals surface area contributed by atoms with E-state index in [9.17, 15) is 0 Å². The fourth-order valence-electron chi connectivity index (χ4n) is 0.666. The highest BCUT2D eigenvalue weighted by molar-refractivity contribution is 7.99. The average molecular weight is 186 g/mol. The maximum atomic E-state index is 5.72. The summed E-state index contributed by atoms with van der Waals surface area (Å²) < 4.78 is 1.75. The van der Waals surface area contributed by atoms with Gasteiger partial charge in [-0.05, 0) is 6.92 Å². The zero-order chi connectivity index (χ0) is 9.14. The lowest BCUT2D eigenvalue weighted by Gasteiger charge is -2.13. The molecule has 2 atom stereocenters. The Balaban J connectivity index is 2.58. The van der Waals surface area contributed by atoms with Gasteiger partial charge in [0.25, 0.3) is 0 Å². The van der Waals surface area contributed by atoms with E-state index in [4.69, 9.17) is 5.73 Å². The summed E-state index contributed by atoms with van der Waals surface area (Å²) in [5.41, 5.74) is 5.72. The summed E-state index contributed by atoms with van der Waals surface area (Å²) in [7, 11) is 1.88. The van der Waals surface area contributed by atoms with E-state index in [1.54, 1.807) is 22.8 Å². The first kappa shape index (κ1) is 9.54. The molecular weight excluding hydrogens is 172 g/mol. The van der Waals surface area contributed by atoms with Gasteiger partial charge in [0.2, 0.25) is 0 Å². The second kappa shape index (κ2) is 3.91. The van der Waals surface area contributed by atoms with Crippen LogP contribution in [0.2, 0.25) is 0 Å². The maximum Gasteiger partial charge on any atom is 0.186 e. The number of aryl methyl sites for hydroxylation is 1. The smallest absolute Gasteiger partial charge is 0.186 e. The minimum atomic E-state index is 0.173. The molecule has 0 aliphatic heterocycles. The van der Waals surface area contributed by atoms with E-state index in [-0.39, 0.29) is 6.04 Å². The van der Waals surface area contributed by atoms with Crippen molar-refractivity contribution in [2.24, 2.45) is 12.8 Å². The Hall–Kier alpha value is -0.550. The van der Waals surface area contributed by atoms with E-state index >= 15 is 0 Å². The summed E-state index contributed by atoms with van der Waals surface area (Å²) >= 11 is 1.65. The molecule has 1 rings (SSSR count). The molecule has 0 aliphatic carbocycles. The molecule has 0 amide bonds. The molecule has 0 saturated heterocycles. The first-order valence-electron chi connectivity index (χ1n) is 3.87. The molecule has 2 N–H and O–H groups in total. The minimum Gasteiger partial charge on any atom is -0.327 e. The summed E-state index contributed by atoms with van der Waals surface area (Å²) in [6.45, 7) is 4.08. The van der Waals surface area contributed by atoms with Crippen molar-refractivity contribution >= 4 is 11.8 Å². The van der Waals surface area contributed by atoms with Gasteiger partial charge in [0.05, 0.1) is 0 Å². The van der Waals surface area contributed by atoms with E-state index in [1.165, 1.54) is 0 Å².